The summed E-state index contributed by atoms with van der Waals surface area (Å²) in [6.45, 7) is 31.8. The van der Waals surface area contributed by atoms with Crippen molar-refractivity contribution in [3.63, 3.8) is 0 Å². The Kier molecular flexibility index (Phi) is 37.8. The number of hydrogen-bond acceptors (Lipinski definition) is 17. The topological polar surface area (TPSA) is 442 Å². The second kappa shape index (κ2) is 43.8. The second-order valence-electron chi connectivity index (χ2n) is 30.2. The summed E-state index contributed by atoms with van der Waals surface area (Å²) in [5.74, 6) is -15.1. The van der Waals surface area contributed by atoms with Crippen LogP contribution in [0.4, 0.5) is 0 Å². The third kappa shape index (κ3) is 27.7. The van der Waals surface area contributed by atoms with Crippen LogP contribution in [0.25, 0.3) is 0 Å². The molecule has 15 N–H and O–H groups in total. The van der Waals surface area contributed by atoms with Crippen LogP contribution in [0.2, 0.25) is 0 Å². The quantitative estimate of drug-likeness (QED) is 0.0353. The van der Waals surface area contributed by atoms with E-state index in [1.165, 1.54) is 31.7 Å². The summed E-state index contributed by atoms with van der Waals surface area (Å²) in [6, 6.07) is -7.67. The van der Waals surface area contributed by atoms with Gasteiger partial charge in [-0.3, -0.25) is 62.3 Å². The average molecular weight is 1480 g/mol. The molecule has 2 saturated heterocycles. The lowest BCUT2D eigenvalue weighted by Crippen LogP contribution is -2.64. The number of rotatable bonds is 33. The molecule has 590 valence electrons. The molecule has 16 atom stereocenters. The number of likely N-dealkylation sites (tertiary alicyclic amines) is 1. The predicted octanol–water partition coefficient (Wildman–Crippen LogP) is 1.84. The Morgan fingerprint density at radius 3 is 1.69 bits per heavy atom. The highest BCUT2D eigenvalue weighted by Crippen LogP contribution is 2.23. The molecule has 30 nitrogen and oxygen atoms in total. The molecule has 0 bridgehead atoms. The first-order valence-corrected chi connectivity index (χ1v) is 37.5. The number of allylic oxidation sites excluding steroid dienone is 1. The van der Waals surface area contributed by atoms with Gasteiger partial charge in [-0.15, -0.1) is 0 Å². The first-order valence-electron chi connectivity index (χ1n) is 37.5. The van der Waals surface area contributed by atoms with Gasteiger partial charge < -0.3 is 84.3 Å². The number of esters is 1. The van der Waals surface area contributed by atoms with Crippen LogP contribution >= 0.6 is 0 Å². The van der Waals surface area contributed by atoms with Gasteiger partial charge in [0.25, 0.3) is 5.91 Å². The molecule has 4 unspecified atom stereocenters. The van der Waals surface area contributed by atoms with Gasteiger partial charge in [-0.2, -0.15) is 0 Å². The highest BCUT2D eigenvalue weighted by Gasteiger charge is 2.44. The second-order valence-corrected chi connectivity index (χ2v) is 30.2. The standard InChI is InChI=1S/C75H124N14O16/c1-20-44(16)59(71(100)88-62-47(19)105-75(104)58(43(14)15)84-63(92)49(22-3)77-65(94)51(37-48-30-24-23-25-31-48)79-67(96)55(40(8)9)81-70(99)60(45(17)21-2)86-73(62)102)85-64(93)50(32-27-35-76)78-66(95)52-33-28-36-89(52)74(103)57(42(12)13)83-69(98)56(41(10)11)82-72(101)61(46(18)90)87-68(97)54(39(6)7)80-53(91)34-26-29-38(4)5/h22-25,30-31,38-47,50-52,54-62,90H,20-21,26-29,32-37,76H2,1-19H3,(H,77,94)(H,78,95)(H,79,96)(H,80,91)(H,81,99)(H,82,101)(H,83,98)(H,84,92)(H,85,93)(H,86,102)(H,87,97)(H,88,100)/b49-22-/t44?,45?,46?,47?,50-,51-,52+,54+,55+,56-,57+,58-,59+,60+,61-,62+/m0/s1. The van der Waals surface area contributed by atoms with Crippen molar-refractivity contribution in [2.75, 3.05) is 13.1 Å². The van der Waals surface area contributed by atoms with Crippen molar-refractivity contribution in [3.05, 3.63) is 47.7 Å². The molecule has 1 aromatic rings. The van der Waals surface area contributed by atoms with Crippen LogP contribution in [-0.4, -0.2) is 191 Å². The van der Waals surface area contributed by atoms with Crippen LogP contribution < -0.4 is 69.5 Å². The number of nitrogens with zero attached hydrogens (tertiary/aromatic N) is 1. The molecule has 13 amide bonds. The molecule has 2 fully saturated rings. The Balaban J connectivity index is 2.00. The van der Waals surface area contributed by atoms with Gasteiger partial charge in [-0.1, -0.05) is 166 Å². The number of cyclic esters (lactones) is 1. The molecule has 2 aliphatic rings. The fourth-order valence-electron chi connectivity index (χ4n) is 12.1. The molecular formula is C75H124N14O16. The van der Waals surface area contributed by atoms with Gasteiger partial charge in [0.15, 0.2) is 0 Å². The van der Waals surface area contributed by atoms with Gasteiger partial charge in [0, 0.05) is 19.4 Å². The largest absolute Gasteiger partial charge is 0.458 e. The Bertz CT molecular complexity index is 3160. The van der Waals surface area contributed by atoms with E-state index in [1.54, 1.807) is 127 Å². The van der Waals surface area contributed by atoms with E-state index in [0.717, 1.165) is 6.42 Å². The maximum atomic E-state index is 15.0. The zero-order valence-electron chi connectivity index (χ0n) is 65.2. The number of aliphatic hydroxyl groups excluding tert-OH is 1. The smallest absolute Gasteiger partial charge is 0.329 e. The molecule has 0 spiro atoms. The summed E-state index contributed by atoms with van der Waals surface area (Å²) in [4.78, 5) is 202. The zero-order valence-corrected chi connectivity index (χ0v) is 65.2. The third-order valence-electron chi connectivity index (χ3n) is 19.3. The van der Waals surface area contributed by atoms with Crippen LogP contribution in [0.1, 0.15) is 195 Å². The van der Waals surface area contributed by atoms with Gasteiger partial charge >= 0.3 is 5.97 Å². The summed E-state index contributed by atoms with van der Waals surface area (Å²) in [5, 5.41) is 43.2. The number of aliphatic hydroxyl groups is 1. The minimum atomic E-state index is -1.83. The number of nitrogens with two attached hydrogens (primary N) is 1. The monoisotopic (exact) mass is 1480 g/mol. The highest BCUT2D eigenvalue weighted by atomic mass is 16.5. The Labute approximate surface area is 620 Å². The van der Waals surface area contributed by atoms with Crippen molar-refractivity contribution in [1.82, 2.24) is 68.7 Å². The van der Waals surface area contributed by atoms with Gasteiger partial charge in [0.05, 0.1) is 6.10 Å². The van der Waals surface area contributed by atoms with Crippen LogP contribution in [0.3, 0.4) is 0 Å². The van der Waals surface area contributed by atoms with E-state index in [1.807, 2.05) is 13.8 Å². The molecular weight excluding hydrogens is 1350 g/mol. The van der Waals surface area contributed by atoms with E-state index in [-0.39, 0.29) is 63.2 Å². The van der Waals surface area contributed by atoms with Crippen LogP contribution in [0.5, 0.6) is 0 Å². The maximum Gasteiger partial charge on any atom is 0.329 e. The van der Waals surface area contributed by atoms with E-state index >= 15 is 9.59 Å². The number of nitrogens with one attached hydrogen (secondary N) is 12. The number of benzene rings is 1. The summed E-state index contributed by atoms with van der Waals surface area (Å²) >= 11 is 0. The van der Waals surface area contributed by atoms with E-state index in [2.05, 4.69) is 63.8 Å². The van der Waals surface area contributed by atoms with Gasteiger partial charge in [0.2, 0.25) is 70.9 Å². The predicted molar refractivity (Wildman–Crippen MR) is 395 cm³/mol. The molecule has 0 aliphatic carbocycles. The van der Waals surface area contributed by atoms with Crippen LogP contribution in [0.15, 0.2) is 42.1 Å². The highest BCUT2D eigenvalue weighted by molar-refractivity contribution is 6.03. The van der Waals surface area contributed by atoms with E-state index in [0.29, 0.717) is 30.7 Å². The first kappa shape index (κ1) is 90.7. The number of amides is 13. The van der Waals surface area contributed by atoms with Crippen LogP contribution in [-0.2, 0) is 78.3 Å². The molecule has 105 heavy (non-hydrogen) atoms. The van der Waals surface area contributed by atoms with Gasteiger partial charge in [0.1, 0.15) is 84.3 Å². The third-order valence-corrected chi connectivity index (χ3v) is 19.3. The zero-order chi connectivity index (χ0) is 79.4. The van der Waals surface area contributed by atoms with Crippen LogP contribution in [0, 0.1) is 47.3 Å². The SMILES string of the molecule is C/C=C1\NC(=O)[C@H](Cc2ccccc2)NC(=O)[C@@H](C(C)C)NC(=O)[C@@H](C(C)CC)NC(=O)[C@H](NC(=O)[C@H](NC(=O)[C@H](CCCN)NC(=O)[C@H]2CCCN2C(=O)[C@H](NC(=O)[C@@H](NC(=O)[C@@H](NC(=O)[C@H](NC(=O)CCCC(C)C)C(C)C)C(C)O)C(C)C)C(C)C)C(C)CC)C(C)OC(=O)[C@H](C(C)C)NC1=O. The number of hydrogen-bond donors (Lipinski definition) is 14. The molecule has 2 heterocycles. The van der Waals surface area contributed by atoms with Gasteiger partial charge in [-0.25, -0.2) is 4.79 Å². The summed E-state index contributed by atoms with van der Waals surface area (Å²) in [6.07, 6.45) is 1.02. The fourth-order valence-corrected chi connectivity index (χ4v) is 12.1. The molecule has 3 rings (SSSR count). The Morgan fingerprint density at radius 2 is 1.15 bits per heavy atom. The molecule has 2 aliphatic heterocycles. The van der Waals surface area contributed by atoms with Crippen molar-refractivity contribution in [1.29, 1.82) is 0 Å². The average Bonchev–Trinajstić information content (AvgIpc) is 1.79. The van der Waals surface area contributed by atoms with Gasteiger partial charge in [-0.05, 0) is 112 Å². The van der Waals surface area contributed by atoms with E-state index in [4.69, 9.17) is 10.5 Å². The van der Waals surface area contributed by atoms with Crippen molar-refractivity contribution < 1.29 is 77.0 Å². The minimum absolute atomic E-state index is 0.0355. The first-order chi connectivity index (χ1) is 49.2. The number of ether oxygens (including phenoxy) is 1. The number of carbonyl (C=O) groups is 14. The molecule has 0 saturated carbocycles. The van der Waals surface area contributed by atoms with E-state index in [9.17, 15) is 62.6 Å². The lowest BCUT2D eigenvalue weighted by atomic mass is 9.95. The summed E-state index contributed by atoms with van der Waals surface area (Å²) in [7, 11) is 0. The summed E-state index contributed by atoms with van der Waals surface area (Å²) in [5.41, 5.74) is 6.34. The fraction of sp³-hybridized carbons (Fsp3) is 0.707. The normalized spacial score (nSPS) is 22.6. The van der Waals surface area contributed by atoms with Crippen molar-refractivity contribution in [2.45, 2.75) is 280 Å². The molecule has 0 radical (unpaired) electrons. The molecule has 30 heteroatoms. The van der Waals surface area contributed by atoms with Crippen molar-refractivity contribution >= 4 is 82.8 Å². The summed E-state index contributed by atoms with van der Waals surface area (Å²) < 4.78 is 5.96. The number of carbonyl (C=O) groups excluding carboxylic acids is 14. The Hall–Kier alpha value is -8.54. The lowest BCUT2D eigenvalue weighted by molar-refractivity contribution is -0.157. The Morgan fingerprint density at radius 1 is 0.610 bits per heavy atom. The van der Waals surface area contributed by atoms with Crippen molar-refractivity contribution in [3.8, 4) is 0 Å². The van der Waals surface area contributed by atoms with Crippen molar-refractivity contribution in [2.24, 2.45) is 53.1 Å². The maximum absolute atomic E-state index is 15.0. The van der Waals surface area contributed by atoms with E-state index < -0.39 is 203 Å². The molecule has 1 aromatic carbocycles. The molecule has 0 aromatic heterocycles. The lowest BCUT2D eigenvalue weighted by Gasteiger charge is -2.33. The minimum Gasteiger partial charge on any atom is -0.458 e.